The minimum atomic E-state index is -0.797. The van der Waals surface area contributed by atoms with Crippen LogP contribution >= 0.6 is 0 Å². The molecule has 34 heavy (non-hydrogen) atoms. The van der Waals surface area contributed by atoms with Gasteiger partial charge in [0.25, 0.3) is 11.8 Å². The van der Waals surface area contributed by atoms with Crippen molar-refractivity contribution >= 4 is 23.2 Å². The van der Waals surface area contributed by atoms with E-state index in [-0.39, 0.29) is 0 Å². The molecule has 0 aromatic heterocycles. The van der Waals surface area contributed by atoms with Crippen LogP contribution in [0.2, 0.25) is 0 Å². The third-order valence-electron chi connectivity index (χ3n) is 4.47. The first-order valence-electron chi connectivity index (χ1n) is 9.97. The minimum absolute atomic E-state index is 0.343. The standard InChI is InChI=1S/2C13H9F2NO/c2*14-10-7-4-8-11(15)12(10)16-13(17)9-5-2-1-3-6-9/h2*1-8H,(H,16,17). The van der Waals surface area contributed by atoms with Crippen LogP contribution in [0.1, 0.15) is 20.7 Å². The van der Waals surface area contributed by atoms with E-state index in [2.05, 4.69) is 10.6 Å². The van der Waals surface area contributed by atoms with Gasteiger partial charge in [-0.2, -0.15) is 0 Å². The van der Waals surface area contributed by atoms with Crippen LogP contribution in [-0.2, 0) is 0 Å². The van der Waals surface area contributed by atoms with E-state index in [1.54, 1.807) is 60.7 Å². The highest BCUT2D eigenvalue weighted by Crippen LogP contribution is 2.20. The second-order valence-electron chi connectivity index (χ2n) is 6.83. The lowest BCUT2D eigenvalue weighted by molar-refractivity contribution is 0.101. The number of halogens is 4. The third-order valence-corrected chi connectivity index (χ3v) is 4.47. The van der Waals surface area contributed by atoms with Crippen molar-refractivity contribution in [2.45, 2.75) is 0 Å². The maximum absolute atomic E-state index is 13.3. The second-order valence-corrected chi connectivity index (χ2v) is 6.83. The lowest BCUT2D eigenvalue weighted by Gasteiger charge is -2.07. The van der Waals surface area contributed by atoms with Gasteiger partial charge in [0.15, 0.2) is 0 Å². The molecule has 0 unspecified atom stereocenters. The first-order chi connectivity index (χ1) is 16.4. The molecule has 0 aliphatic rings. The molecule has 0 aliphatic carbocycles. The zero-order valence-electron chi connectivity index (χ0n) is 17.6. The summed E-state index contributed by atoms with van der Waals surface area (Å²) in [5.41, 5.74) is -0.173. The van der Waals surface area contributed by atoms with Crippen LogP contribution in [0, 0.1) is 23.3 Å². The number of rotatable bonds is 4. The molecule has 0 saturated carbocycles. The van der Waals surface area contributed by atoms with Gasteiger partial charge < -0.3 is 10.6 Å². The molecule has 0 radical (unpaired) electrons. The van der Waals surface area contributed by atoms with Crippen molar-refractivity contribution in [1.82, 2.24) is 0 Å². The van der Waals surface area contributed by atoms with Gasteiger partial charge in [-0.3, -0.25) is 9.59 Å². The van der Waals surface area contributed by atoms with Gasteiger partial charge >= 0.3 is 0 Å². The van der Waals surface area contributed by atoms with Crippen molar-refractivity contribution < 1.29 is 27.2 Å². The molecule has 4 aromatic carbocycles. The van der Waals surface area contributed by atoms with E-state index in [0.717, 1.165) is 24.3 Å². The Balaban J connectivity index is 0.000000191. The average molecular weight is 466 g/mol. The summed E-state index contributed by atoms with van der Waals surface area (Å²) in [6.45, 7) is 0. The lowest BCUT2D eigenvalue weighted by Crippen LogP contribution is -2.14. The van der Waals surface area contributed by atoms with Crippen LogP contribution in [0.25, 0.3) is 0 Å². The summed E-state index contributed by atoms with van der Waals surface area (Å²) in [6, 6.07) is 23.3. The van der Waals surface area contributed by atoms with Crippen LogP contribution in [0.3, 0.4) is 0 Å². The quantitative estimate of drug-likeness (QED) is 0.341. The number of benzene rings is 4. The van der Waals surface area contributed by atoms with Crippen molar-refractivity contribution in [2.24, 2.45) is 0 Å². The summed E-state index contributed by atoms with van der Waals surface area (Å²) < 4.78 is 53.1. The fourth-order valence-electron chi connectivity index (χ4n) is 2.78. The average Bonchev–Trinajstić information content (AvgIpc) is 2.85. The van der Waals surface area contributed by atoms with Gasteiger partial charge in [-0.15, -0.1) is 0 Å². The highest BCUT2D eigenvalue weighted by Gasteiger charge is 2.13. The summed E-state index contributed by atoms with van der Waals surface area (Å²) in [7, 11) is 0. The fraction of sp³-hybridized carbons (Fsp3) is 0. The zero-order chi connectivity index (χ0) is 24.5. The second kappa shape index (κ2) is 11.4. The smallest absolute Gasteiger partial charge is 0.255 e. The number of carbonyl (C=O) groups is 2. The van der Waals surface area contributed by atoms with Gasteiger partial charge in [0.1, 0.15) is 34.6 Å². The molecule has 0 bridgehead atoms. The number of anilines is 2. The molecule has 8 heteroatoms. The molecule has 2 N–H and O–H groups in total. The van der Waals surface area contributed by atoms with Crippen LogP contribution < -0.4 is 10.6 Å². The maximum atomic E-state index is 13.3. The van der Waals surface area contributed by atoms with E-state index in [4.69, 9.17) is 0 Å². The Hall–Kier alpha value is -4.46. The van der Waals surface area contributed by atoms with Crippen molar-refractivity contribution in [2.75, 3.05) is 10.6 Å². The molecule has 2 amide bonds. The topological polar surface area (TPSA) is 58.2 Å². The Morgan fingerprint density at radius 1 is 0.441 bits per heavy atom. The Labute approximate surface area is 192 Å². The SMILES string of the molecule is O=C(Nc1c(F)cccc1F)c1ccccc1.O=C(Nc1c(F)cccc1F)c1ccccc1. The summed E-state index contributed by atoms with van der Waals surface area (Å²) in [4.78, 5) is 23.3. The van der Waals surface area contributed by atoms with Gasteiger partial charge in [0.2, 0.25) is 0 Å². The molecule has 0 spiro atoms. The van der Waals surface area contributed by atoms with Gasteiger partial charge in [-0.1, -0.05) is 48.5 Å². The molecular formula is C26H18F4N2O2. The molecule has 4 nitrogen and oxygen atoms in total. The van der Waals surface area contributed by atoms with Crippen molar-refractivity contribution in [1.29, 1.82) is 0 Å². The van der Waals surface area contributed by atoms with Crippen LogP contribution in [-0.4, -0.2) is 11.8 Å². The molecule has 0 fully saturated rings. The Kier molecular flexibility index (Phi) is 8.12. The van der Waals surface area contributed by atoms with Gasteiger partial charge in [0.05, 0.1) is 0 Å². The predicted molar refractivity (Wildman–Crippen MR) is 122 cm³/mol. The van der Waals surface area contributed by atoms with Crippen molar-refractivity contribution in [3.63, 3.8) is 0 Å². The minimum Gasteiger partial charge on any atom is -0.317 e. The molecule has 4 rings (SSSR count). The number of hydrogen-bond donors (Lipinski definition) is 2. The van der Waals surface area contributed by atoms with Crippen LogP contribution in [0.15, 0.2) is 97.1 Å². The zero-order valence-corrected chi connectivity index (χ0v) is 17.6. The first-order valence-corrected chi connectivity index (χ1v) is 9.97. The number of para-hydroxylation sites is 2. The van der Waals surface area contributed by atoms with E-state index in [1.165, 1.54) is 12.1 Å². The molecule has 0 saturated heterocycles. The Morgan fingerprint density at radius 3 is 1.03 bits per heavy atom. The number of hydrogen-bond acceptors (Lipinski definition) is 2. The first kappa shape index (κ1) is 24.2. The summed E-state index contributed by atoms with van der Waals surface area (Å²) >= 11 is 0. The van der Waals surface area contributed by atoms with E-state index >= 15 is 0 Å². The Bertz CT molecular complexity index is 1140. The highest BCUT2D eigenvalue weighted by atomic mass is 19.1. The predicted octanol–water partition coefficient (Wildman–Crippen LogP) is 6.43. The van der Waals surface area contributed by atoms with E-state index in [1.807, 2.05) is 0 Å². The monoisotopic (exact) mass is 466 g/mol. The van der Waals surface area contributed by atoms with Gasteiger partial charge in [-0.25, -0.2) is 17.6 Å². The molecule has 0 heterocycles. The van der Waals surface area contributed by atoms with Gasteiger partial charge in [0, 0.05) is 11.1 Å². The lowest BCUT2D eigenvalue weighted by atomic mass is 10.2. The van der Waals surface area contributed by atoms with E-state index in [0.29, 0.717) is 11.1 Å². The highest BCUT2D eigenvalue weighted by molar-refractivity contribution is 6.05. The van der Waals surface area contributed by atoms with Gasteiger partial charge in [-0.05, 0) is 48.5 Å². The fourth-order valence-corrected chi connectivity index (χ4v) is 2.78. The number of carbonyl (C=O) groups excluding carboxylic acids is 2. The van der Waals surface area contributed by atoms with E-state index < -0.39 is 46.5 Å². The summed E-state index contributed by atoms with van der Waals surface area (Å²) in [5, 5.41) is 4.41. The van der Waals surface area contributed by atoms with Crippen LogP contribution in [0.5, 0.6) is 0 Å². The van der Waals surface area contributed by atoms with Crippen molar-refractivity contribution in [3.05, 3.63) is 131 Å². The van der Waals surface area contributed by atoms with Crippen LogP contribution in [0.4, 0.5) is 28.9 Å². The normalized spacial score (nSPS) is 10.0. The maximum Gasteiger partial charge on any atom is 0.255 e. The number of amides is 2. The summed E-state index contributed by atoms with van der Waals surface area (Å²) in [5.74, 6) is -4.28. The number of nitrogens with one attached hydrogen (secondary N) is 2. The summed E-state index contributed by atoms with van der Waals surface area (Å²) in [6.07, 6.45) is 0. The molecule has 0 aliphatic heterocycles. The Morgan fingerprint density at radius 2 is 0.735 bits per heavy atom. The molecule has 0 atom stereocenters. The molecular weight excluding hydrogens is 448 g/mol. The third kappa shape index (κ3) is 6.29. The van der Waals surface area contributed by atoms with Crippen molar-refractivity contribution in [3.8, 4) is 0 Å². The molecule has 4 aromatic rings. The van der Waals surface area contributed by atoms with E-state index in [9.17, 15) is 27.2 Å². The molecule has 172 valence electrons. The largest absolute Gasteiger partial charge is 0.317 e.